The maximum Gasteiger partial charge on any atom is 1.00 e. The summed E-state index contributed by atoms with van der Waals surface area (Å²) in [4.78, 5) is 7.67. The molecule has 1 aromatic rings. The van der Waals surface area contributed by atoms with Gasteiger partial charge in [-0.05, 0) is 15.9 Å². The molecule has 14 heavy (non-hydrogen) atoms. The van der Waals surface area contributed by atoms with Crippen LogP contribution < -0.4 is 33.9 Å². The van der Waals surface area contributed by atoms with Gasteiger partial charge in [-0.3, -0.25) is 0 Å². The van der Waals surface area contributed by atoms with E-state index in [2.05, 4.69) is 25.9 Å². The van der Waals surface area contributed by atoms with E-state index in [4.69, 9.17) is 0 Å². The fourth-order valence-corrected chi connectivity index (χ4v) is 1.21. The molecule has 0 spiro atoms. The summed E-state index contributed by atoms with van der Waals surface area (Å²) in [5.41, 5.74) is 0. The third-order valence-electron chi connectivity index (χ3n) is 1.39. The Morgan fingerprint density at radius 2 is 1.86 bits per heavy atom. The van der Waals surface area contributed by atoms with E-state index in [-0.39, 0.29) is 36.9 Å². The zero-order valence-corrected chi connectivity index (χ0v) is 12.5. The molecule has 0 saturated heterocycles. The van der Waals surface area contributed by atoms with Gasteiger partial charge in [0.1, 0.15) is 0 Å². The third-order valence-corrected chi connectivity index (χ3v) is 2.95. The molecule has 0 fully saturated rings. The van der Waals surface area contributed by atoms with Crippen molar-refractivity contribution in [1.29, 1.82) is 0 Å². The monoisotopic (exact) mass is 289 g/mol. The fourth-order valence-electron chi connectivity index (χ4n) is 0.616. The van der Waals surface area contributed by atoms with Gasteiger partial charge in [-0.1, -0.05) is 0 Å². The second-order valence-corrected chi connectivity index (χ2v) is 5.36. The molecule has 5 nitrogen and oxygen atoms in total. The van der Waals surface area contributed by atoms with E-state index in [9.17, 15) is 8.42 Å². The summed E-state index contributed by atoms with van der Waals surface area (Å²) in [7, 11) is -1.87. The smallest absolute Gasteiger partial charge is 1.00 e. The second-order valence-electron chi connectivity index (χ2n) is 2.43. The number of hydrogen-bond acceptors (Lipinski definition) is 4. The van der Waals surface area contributed by atoms with E-state index in [0.717, 1.165) is 10.6 Å². The minimum absolute atomic E-state index is 0. The van der Waals surface area contributed by atoms with Gasteiger partial charge in [-0.15, -0.1) is 0 Å². The molecular weight excluding hydrogens is 281 g/mol. The quantitative estimate of drug-likeness (QED) is 0.577. The van der Waals surface area contributed by atoms with E-state index in [0.29, 0.717) is 4.47 Å². The van der Waals surface area contributed by atoms with Crippen LogP contribution in [0.15, 0.2) is 16.9 Å². The van der Waals surface area contributed by atoms with Crippen molar-refractivity contribution < 1.29 is 39.4 Å². The predicted molar refractivity (Wildman–Crippen MR) is 54.1 cm³/mol. The summed E-state index contributed by atoms with van der Waals surface area (Å²) in [5.74, 6) is 0.158. The van der Waals surface area contributed by atoms with Crippen LogP contribution in [-0.4, -0.2) is 31.7 Å². The average Bonchev–Trinajstić information content (AvgIpc) is 2.03. The maximum atomic E-state index is 11.1. The van der Waals surface area contributed by atoms with Crippen LogP contribution >= 0.6 is 15.9 Å². The van der Waals surface area contributed by atoms with Crippen LogP contribution in [0.25, 0.3) is 0 Å². The van der Waals surface area contributed by atoms with Crippen LogP contribution in [0.5, 0.6) is 0 Å². The van der Waals surface area contributed by atoms with Gasteiger partial charge >= 0.3 is 29.6 Å². The van der Waals surface area contributed by atoms with Crippen LogP contribution in [-0.2, 0) is 10.0 Å². The molecule has 0 amide bonds. The summed E-state index contributed by atoms with van der Waals surface area (Å²) >= 11 is 3.15. The van der Waals surface area contributed by atoms with Crippen molar-refractivity contribution in [2.24, 2.45) is 0 Å². The number of rotatable bonds is 2. The van der Waals surface area contributed by atoms with Crippen molar-refractivity contribution in [2.75, 3.05) is 17.6 Å². The van der Waals surface area contributed by atoms with Gasteiger partial charge in [0.15, 0.2) is 0 Å². The van der Waals surface area contributed by atoms with Gasteiger partial charge in [0.2, 0.25) is 16.0 Å². The Kier molecular flexibility index (Phi) is 5.53. The summed E-state index contributed by atoms with van der Waals surface area (Å²) in [5, 5.41) is 0. The molecule has 0 saturated carbocycles. The largest absolute Gasteiger partial charge is 1.00 e. The molecule has 0 unspecified atom stereocenters. The third kappa shape index (κ3) is 3.82. The van der Waals surface area contributed by atoms with E-state index in [1.807, 2.05) is 0 Å². The van der Waals surface area contributed by atoms with E-state index in [1.165, 1.54) is 19.4 Å². The summed E-state index contributed by atoms with van der Waals surface area (Å²) in [6.07, 6.45) is 4.08. The molecule has 0 aliphatic rings. The Morgan fingerprint density at radius 1 is 1.43 bits per heavy atom. The first-order chi connectivity index (χ1) is 5.91. The van der Waals surface area contributed by atoms with Crippen LogP contribution in [0.2, 0.25) is 0 Å². The maximum absolute atomic E-state index is 11.1. The molecule has 0 bridgehead atoms. The number of halogens is 1. The van der Waals surface area contributed by atoms with Gasteiger partial charge < -0.3 is 1.43 Å². The Bertz CT molecular complexity index is 399. The first-order valence-corrected chi connectivity index (χ1v) is 5.97. The molecule has 0 atom stereocenters. The molecule has 1 aromatic heterocycles. The summed E-state index contributed by atoms with van der Waals surface area (Å²) in [6, 6.07) is 0. The molecule has 8 heteroatoms. The van der Waals surface area contributed by atoms with Crippen molar-refractivity contribution in [3.05, 3.63) is 16.9 Å². The Labute approximate surface area is 115 Å². The minimum atomic E-state index is -3.28. The van der Waals surface area contributed by atoms with Crippen molar-refractivity contribution >= 4 is 31.9 Å². The Balaban J connectivity index is 0. The Hall–Kier alpha value is 0.310. The number of aromatic nitrogens is 2. The normalized spacial score (nSPS) is 10.5. The van der Waals surface area contributed by atoms with Crippen LogP contribution in [0.1, 0.15) is 1.43 Å². The van der Waals surface area contributed by atoms with Gasteiger partial charge in [-0.2, -0.15) is 0 Å². The van der Waals surface area contributed by atoms with Crippen molar-refractivity contribution in [3.8, 4) is 0 Å². The van der Waals surface area contributed by atoms with Crippen LogP contribution in [0.4, 0.5) is 5.95 Å². The molecule has 1 heterocycles. The van der Waals surface area contributed by atoms with Crippen molar-refractivity contribution in [3.63, 3.8) is 0 Å². The first-order valence-electron chi connectivity index (χ1n) is 3.32. The molecule has 0 aliphatic carbocycles. The number of hydrogen-bond donors (Lipinski definition) is 0. The number of nitrogens with zero attached hydrogens (tertiary/aromatic N) is 3. The topological polar surface area (TPSA) is 63.2 Å². The zero-order valence-electron chi connectivity index (χ0n) is 9.10. The van der Waals surface area contributed by atoms with Crippen LogP contribution in [0, 0.1) is 0 Å². The molecule has 0 radical (unpaired) electrons. The predicted octanol–water partition coefficient (Wildman–Crippen LogP) is -2.25. The molecule has 0 aromatic carbocycles. The molecular formula is C6H9BrN3NaO2S. The standard InChI is InChI=1S/C6H8BrN3O2S.Na.H/c1-10(13(2,11)12)6-8-3-5(7)4-9-6;;/h3-4H,1-2H3;;/q;+1;-1. The molecule has 74 valence electrons. The molecule has 0 aliphatic heterocycles. The molecule has 0 N–H and O–H groups in total. The van der Waals surface area contributed by atoms with E-state index in [1.54, 1.807) is 0 Å². The van der Waals surface area contributed by atoms with Gasteiger partial charge in [0.05, 0.1) is 10.7 Å². The fraction of sp³-hybridized carbons (Fsp3) is 0.333. The zero-order chi connectivity index (χ0) is 10.1. The SMILES string of the molecule is CN(c1ncc(Br)cn1)S(C)(=O)=O.[H-].[Na+]. The minimum Gasteiger partial charge on any atom is -1.00 e. The number of anilines is 1. The van der Waals surface area contributed by atoms with Crippen molar-refractivity contribution in [2.45, 2.75) is 0 Å². The Morgan fingerprint density at radius 3 is 2.21 bits per heavy atom. The van der Waals surface area contributed by atoms with Crippen LogP contribution in [0.3, 0.4) is 0 Å². The van der Waals surface area contributed by atoms with Gasteiger partial charge in [0, 0.05) is 19.4 Å². The van der Waals surface area contributed by atoms with Gasteiger partial charge in [-0.25, -0.2) is 22.7 Å². The van der Waals surface area contributed by atoms with E-state index < -0.39 is 10.0 Å². The molecule has 1 rings (SSSR count). The first kappa shape index (κ1) is 14.3. The second kappa shape index (κ2) is 5.41. The number of sulfonamides is 1. The summed E-state index contributed by atoms with van der Waals surface area (Å²) < 4.78 is 23.8. The average molecular weight is 290 g/mol. The van der Waals surface area contributed by atoms with E-state index >= 15 is 0 Å². The van der Waals surface area contributed by atoms with Gasteiger partial charge in [0.25, 0.3) is 0 Å². The van der Waals surface area contributed by atoms with Crippen molar-refractivity contribution in [1.82, 2.24) is 9.97 Å². The summed E-state index contributed by atoms with van der Waals surface area (Å²) in [6.45, 7) is 0.